The van der Waals surface area contributed by atoms with Crippen molar-refractivity contribution in [3.8, 4) is 0 Å². The van der Waals surface area contributed by atoms with Gasteiger partial charge in [-0.3, -0.25) is 0 Å². The van der Waals surface area contributed by atoms with Crippen molar-refractivity contribution in [2.24, 2.45) is 23.7 Å². The van der Waals surface area contributed by atoms with Crippen molar-refractivity contribution >= 4 is 9.84 Å². The summed E-state index contributed by atoms with van der Waals surface area (Å²) in [5.41, 5.74) is 0. The average molecular weight is 423 g/mol. The molecule has 0 unspecified atom stereocenters. The van der Waals surface area contributed by atoms with Crippen molar-refractivity contribution in [3.05, 3.63) is 0 Å². The Morgan fingerprint density at radius 3 is 0.793 bits per heavy atom. The van der Waals surface area contributed by atoms with Crippen molar-refractivity contribution in [2.45, 2.75) is 139 Å². The van der Waals surface area contributed by atoms with Crippen LogP contribution in [0.3, 0.4) is 0 Å². The molecular formula is C26H46O2S. The van der Waals surface area contributed by atoms with Gasteiger partial charge in [0, 0.05) is 0 Å². The molecule has 0 aromatic heterocycles. The molecule has 0 atom stereocenters. The van der Waals surface area contributed by atoms with Crippen LogP contribution in [0.15, 0.2) is 0 Å². The third-order valence-corrected chi connectivity index (χ3v) is 12.3. The van der Waals surface area contributed by atoms with E-state index in [0.717, 1.165) is 0 Å². The van der Waals surface area contributed by atoms with Gasteiger partial charge in [0.1, 0.15) is 0 Å². The summed E-state index contributed by atoms with van der Waals surface area (Å²) in [4.78, 5) is 0. The Bertz CT molecular complexity index is 492. The van der Waals surface area contributed by atoms with Gasteiger partial charge >= 0.3 is 0 Å². The summed E-state index contributed by atoms with van der Waals surface area (Å²) >= 11 is 0. The topological polar surface area (TPSA) is 34.1 Å². The Morgan fingerprint density at radius 1 is 0.379 bits per heavy atom. The number of hydrogen-bond acceptors (Lipinski definition) is 2. The Labute approximate surface area is 180 Å². The zero-order chi connectivity index (χ0) is 20.1. The predicted octanol–water partition coefficient (Wildman–Crippen LogP) is 7.46. The molecular weight excluding hydrogens is 376 g/mol. The van der Waals surface area contributed by atoms with E-state index in [9.17, 15) is 8.42 Å². The van der Waals surface area contributed by atoms with Gasteiger partial charge in [-0.1, -0.05) is 77.0 Å². The van der Waals surface area contributed by atoms with Gasteiger partial charge in [-0.25, -0.2) is 8.42 Å². The van der Waals surface area contributed by atoms with Crippen LogP contribution in [0.25, 0.3) is 0 Å². The zero-order valence-electron chi connectivity index (χ0n) is 18.8. The highest BCUT2D eigenvalue weighted by molar-refractivity contribution is 7.92. The molecule has 168 valence electrons. The molecule has 0 saturated heterocycles. The lowest BCUT2D eigenvalue weighted by Crippen LogP contribution is -2.49. The maximum atomic E-state index is 14.6. The third-order valence-electron chi connectivity index (χ3n) is 9.22. The van der Waals surface area contributed by atoms with Crippen LogP contribution < -0.4 is 0 Å². The summed E-state index contributed by atoms with van der Waals surface area (Å²) in [7, 11) is -3.06. The van der Waals surface area contributed by atoms with Crippen LogP contribution in [-0.4, -0.2) is 18.9 Å². The molecule has 4 saturated carbocycles. The summed E-state index contributed by atoms with van der Waals surface area (Å²) in [6.07, 6.45) is 24.9. The van der Waals surface area contributed by atoms with E-state index in [-0.39, 0.29) is 10.5 Å². The average Bonchev–Trinajstić information content (AvgIpc) is 2.77. The second-order valence-electron chi connectivity index (χ2n) is 11.1. The summed E-state index contributed by atoms with van der Waals surface area (Å²) < 4.78 is 29.3. The molecule has 4 fully saturated rings. The van der Waals surface area contributed by atoms with Gasteiger partial charge in [0.05, 0.1) is 10.5 Å². The van der Waals surface area contributed by atoms with Crippen LogP contribution in [0.2, 0.25) is 0 Å². The highest BCUT2D eigenvalue weighted by atomic mass is 32.2. The van der Waals surface area contributed by atoms with E-state index in [4.69, 9.17) is 0 Å². The van der Waals surface area contributed by atoms with Crippen LogP contribution in [-0.2, 0) is 9.84 Å². The quantitative estimate of drug-likeness (QED) is 0.445. The second kappa shape index (κ2) is 10.5. The molecule has 0 aromatic rings. The summed E-state index contributed by atoms with van der Waals surface area (Å²) in [5, 5.41) is -0.00564. The van der Waals surface area contributed by atoms with E-state index < -0.39 is 9.84 Å². The van der Waals surface area contributed by atoms with Crippen LogP contribution in [0.5, 0.6) is 0 Å². The van der Waals surface area contributed by atoms with Gasteiger partial charge in [0.25, 0.3) is 0 Å². The molecule has 0 radical (unpaired) electrons. The third kappa shape index (κ3) is 5.24. The Morgan fingerprint density at radius 2 is 0.586 bits per heavy atom. The van der Waals surface area contributed by atoms with Crippen molar-refractivity contribution in [2.75, 3.05) is 0 Å². The molecule has 4 aliphatic carbocycles. The number of hydrogen-bond donors (Lipinski definition) is 0. The molecule has 0 spiro atoms. The van der Waals surface area contributed by atoms with Gasteiger partial charge < -0.3 is 0 Å². The lowest BCUT2D eigenvalue weighted by Gasteiger charge is -2.44. The van der Waals surface area contributed by atoms with Gasteiger partial charge in [-0.15, -0.1) is 0 Å². The van der Waals surface area contributed by atoms with E-state index in [2.05, 4.69) is 0 Å². The van der Waals surface area contributed by atoms with Crippen LogP contribution in [0, 0.1) is 23.7 Å². The first-order valence-corrected chi connectivity index (χ1v) is 15.0. The molecule has 0 N–H and O–H groups in total. The Balaban J connectivity index is 1.65. The van der Waals surface area contributed by atoms with Gasteiger partial charge in [0.2, 0.25) is 0 Å². The molecule has 0 heterocycles. The summed E-state index contributed by atoms with van der Waals surface area (Å²) in [6, 6.07) is 0. The van der Waals surface area contributed by atoms with E-state index in [1.165, 1.54) is 128 Å². The lowest BCUT2D eigenvalue weighted by atomic mass is 9.76. The second-order valence-corrected chi connectivity index (χ2v) is 13.4. The minimum atomic E-state index is -3.06. The van der Waals surface area contributed by atoms with Gasteiger partial charge in [-0.05, 0) is 75.0 Å². The first-order chi connectivity index (χ1) is 14.2. The molecule has 4 aliphatic rings. The minimum absolute atomic E-state index is 0.00282. The molecule has 29 heavy (non-hydrogen) atoms. The summed E-state index contributed by atoms with van der Waals surface area (Å²) in [5.74, 6) is 1.86. The zero-order valence-corrected chi connectivity index (χ0v) is 19.6. The van der Waals surface area contributed by atoms with Crippen LogP contribution in [0.1, 0.15) is 128 Å². The van der Waals surface area contributed by atoms with Gasteiger partial charge in [0.15, 0.2) is 9.84 Å². The molecule has 4 rings (SSSR count). The first-order valence-electron chi connectivity index (χ1n) is 13.4. The van der Waals surface area contributed by atoms with Crippen molar-refractivity contribution in [1.29, 1.82) is 0 Å². The van der Waals surface area contributed by atoms with E-state index in [1.54, 1.807) is 0 Å². The van der Waals surface area contributed by atoms with Crippen molar-refractivity contribution < 1.29 is 8.42 Å². The monoisotopic (exact) mass is 422 g/mol. The highest BCUT2D eigenvalue weighted by Crippen LogP contribution is 2.46. The standard InChI is InChI=1S/C26H46O2S/c27-29(28,25(21-13-5-1-6-14-21)22-15-7-2-8-16-22)26(23-17-9-3-10-18-23)24-19-11-4-12-20-24/h21-26H,1-20H2. The number of sulfone groups is 1. The normalized spacial score (nSPS) is 27.7. The molecule has 3 heteroatoms. The number of rotatable bonds is 6. The SMILES string of the molecule is O=S(=O)(C(C1CCCCC1)C1CCCCC1)C(C1CCCCC1)C1CCCCC1. The summed E-state index contributed by atoms with van der Waals surface area (Å²) in [6.45, 7) is 0. The van der Waals surface area contributed by atoms with E-state index in [0.29, 0.717) is 23.7 Å². The fourth-order valence-corrected chi connectivity index (χ4v) is 11.5. The molecule has 0 bridgehead atoms. The lowest BCUT2D eigenvalue weighted by molar-refractivity contribution is 0.223. The predicted molar refractivity (Wildman–Crippen MR) is 123 cm³/mol. The van der Waals surface area contributed by atoms with Gasteiger partial charge in [-0.2, -0.15) is 0 Å². The van der Waals surface area contributed by atoms with Crippen LogP contribution in [0.4, 0.5) is 0 Å². The Hall–Kier alpha value is -0.0500. The van der Waals surface area contributed by atoms with Crippen LogP contribution >= 0.6 is 0 Å². The molecule has 0 amide bonds. The maximum Gasteiger partial charge on any atom is 0.157 e. The van der Waals surface area contributed by atoms with E-state index >= 15 is 0 Å². The van der Waals surface area contributed by atoms with Crippen molar-refractivity contribution in [3.63, 3.8) is 0 Å². The van der Waals surface area contributed by atoms with E-state index in [1.807, 2.05) is 0 Å². The first kappa shape index (κ1) is 22.2. The largest absolute Gasteiger partial charge is 0.228 e. The fourth-order valence-electron chi connectivity index (χ4n) is 7.88. The molecule has 2 nitrogen and oxygen atoms in total. The fraction of sp³-hybridized carbons (Fsp3) is 1.00. The smallest absolute Gasteiger partial charge is 0.157 e. The Kier molecular flexibility index (Phi) is 8.03. The highest BCUT2D eigenvalue weighted by Gasteiger charge is 2.48. The maximum absolute atomic E-state index is 14.6. The van der Waals surface area contributed by atoms with Crippen molar-refractivity contribution in [1.82, 2.24) is 0 Å². The molecule has 0 aliphatic heterocycles. The minimum Gasteiger partial charge on any atom is -0.228 e. The molecule has 0 aromatic carbocycles.